The van der Waals surface area contributed by atoms with E-state index in [0.717, 1.165) is 5.56 Å². The minimum absolute atomic E-state index is 0.0610. The van der Waals surface area contributed by atoms with Crippen molar-refractivity contribution in [3.05, 3.63) is 29.8 Å². The quantitative estimate of drug-likeness (QED) is 0.655. The van der Waals surface area contributed by atoms with Gasteiger partial charge in [0.1, 0.15) is 0 Å². The van der Waals surface area contributed by atoms with Crippen LogP contribution in [0.4, 0.5) is 0 Å². The first-order valence-corrected chi connectivity index (χ1v) is 8.07. The van der Waals surface area contributed by atoms with Gasteiger partial charge in [-0.3, -0.25) is 9.59 Å². The molecule has 21 heavy (non-hydrogen) atoms. The predicted molar refractivity (Wildman–Crippen MR) is 75.6 cm³/mol. The van der Waals surface area contributed by atoms with Crippen molar-refractivity contribution in [1.82, 2.24) is 10.6 Å². The fourth-order valence-corrected chi connectivity index (χ4v) is 2.63. The van der Waals surface area contributed by atoms with E-state index >= 15 is 0 Å². The molecule has 1 aromatic rings. The Hall–Kier alpha value is -1.93. The second-order valence-electron chi connectivity index (χ2n) is 4.94. The average molecular weight is 311 g/mol. The Bertz CT molecular complexity index is 640. The minimum atomic E-state index is -3.68. The van der Waals surface area contributed by atoms with Crippen molar-refractivity contribution in [2.75, 3.05) is 13.1 Å². The molecule has 1 aliphatic rings. The normalized spacial score (nSPS) is 18.3. The van der Waals surface area contributed by atoms with Crippen molar-refractivity contribution in [2.24, 2.45) is 11.1 Å². The molecule has 4 N–H and O–H groups in total. The van der Waals surface area contributed by atoms with E-state index in [9.17, 15) is 18.0 Å². The summed E-state index contributed by atoms with van der Waals surface area (Å²) in [6.45, 7) is 0.811. The van der Waals surface area contributed by atoms with Crippen molar-refractivity contribution in [3.8, 4) is 0 Å². The number of carbonyl (C=O) groups is 2. The molecule has 7 nitrogen and oxygen atoms in total. The molecule has 1 atom stereocenters. The molecule has 1 heterocycles. The molecule has 1 aliphatic heterocycles. The third kappa shape index (κ3) is 4.27. The van der Waals surface area contributed by atoms with Crippen molar-refractivity contribution in [1.29, 1.82) is 0 Å². The van der Waals surface area contributed by atoms with Gasteiger partial charge in [-0.2, -0.15) is 0 Å². The highest BCUT2D eigenvalue weighted by Crippen LogP contribution is 2.10. The van der Waals surface area contributed by atoms with Gasteiger partial charge < -0.3 is 10.6 Å². The maximum Gasteiger partial charge on any atom is 0.238 e. The molecular weight excluding hydrogens is 294 g/mol. The molecule has 1 saturated heterocycles. The Labute approximate surface area is 123 Å². The fourth-order valence-electron chi connectivity index (χ4n) is 2.11. The van der Waals surface area contributed by atoms with Crippen LogP contribution in [-0.2, 0) is 26.0 Å². The number of hydrogen-bond donors (Lipinski definition) is 3. The van der Waals surface area contributed by atoms with Crippen LogP contribution in [0.15, 0.2) is 29.2 Å². The van der Waals surface area contributed by atoms with E-state index in [-0.39, 0.29) is 29.0 Å². The molecule has 2 amide bonds. The highest BCUT2D eigenvalue weighted by atomic mass is 32.2. The summed E-state index contributed by atoms with van der Waals surface area (Å²) in [6, 6.07) is 6.19. The summed E-state index contributed by atoms with van der Waals surface area (Å²) in [6.07, 6.45) is 0.805. The standard InChI is InChI=1S/C13H17N3O4S/c14-21(19,20)11-3-1-9(2-4-11)5-6-15-13(18)10-7-12(17)16-8-10/h1-4,10H,5-8H2,(H,15,18)(H,16,17)(H2,14,19,20). The Morgan fingerprint density at radius 1 is 1.33 bits per heavy atom. The zero-order chi connectivity index (χ0) is 15.5. The third-order valence-corrected chi connectivity index (χ3v) is 4.24. The van der Waals surface area contributed by atoms with Crippen LogP contribution >= 0.6 is 0 Å². The molecule has 0 bridgehead atoms. The first-order chi connectivity index (χ1) is 9.86. The molecule has 1 unspecified atom stereocenters. The van der Waals surface area contributed by atoms with E-state index in [1.807, 2.05) is 0 Å². The van der Waals surface area contributed by atoms with Gasteiger partial charge in [0.2, 0.25) is 21.8 Å². The van der Waals surface area contributed by atoms with E-state index in [1.54, 1.807) is 12.1 Å². The predicted octanol–water partition coefficient (Wildman–Crippen LogP) is -0.871. The molecule has 0 radical (unpaired) electrons. The van der Waals surface area contributed by atoms with Gasteiger partial charge >= 0.3 is 0 Å². The summed E-state index contributed by atoms with van der Waals surface area (Å²) in [4.78, 5) is 22.8. The summed E-state index contributed by atoms with van der Waals surface area (Å²) in [5.41, 5.74) is 0.892. The maximum atomic E-state index is 11.8. The number of amides is 2. The highest BCUT2D eigenvalue weighted by molar-refractivity contribution is 7.89. The lowest BCUT2D eigenvalue weighted by atomic mass is 10.1. The Balaban J connectivity index is 1.81. The van der Waals surface area contributed by atoms with Crippen molar-refractivity contribution < 1.29 is 18.0 Å². The first-order valence-electron chi connectivity index (χ1n) is 6.52. The largest absolute Gasteiger partial charge is 0.355 e. The molecule has 1 fully saturated rings. The number of nitrogens with two attached hydrogens (primary N) is 1. The monoisotopic (exact) mass is 311 g/mol. The Morgan fingerprint density at radius 2 is 2.00 bits per heavy atom. The zero-order valence-corrected chi connectivity index (χ0v) is 12.2. The van der Waals surface area contributed by atoms with Gasteiger partial charge in [-0.1, -0.05) is 12.1 Å². The van der Waals surface area contributed by atoms with Crippen LogP contribution < -0.4 is 15.8 Å². The molecule has 0 spiro atoms. The van der Waals surface area contributed by atoms with Crippen LogP contribution in [0, 0.1) is 5.92 Å². The van der Waals surface area contributed by atoms with Crippen LogP contribution in [0.5, 0.6) is 0 Å². The maximum absolute atomic E-state index is 11.8. The molecule has 114 valence electrons. The van der Waals surface area contributed by atoms with E-state index in [4.69, 9.17) is 5.14 Å². The van der Waals surface area contributed by atoms with Gasteiger partial charge in [0, 0.05) is 19.5 Å². The molecular formula is C13H17N3O4S. The smallest absolute Gasteiger partial charge is 0.238 e. The van der Waals surface area contributed by atoms with Crippen molar-refractivity contribution >= 4 is 21.8 Å². The number of benzene rings is 1. The SMILES string of the molecule is NS(=O)(=O)c1ccc(CCNC(=O)C2CNC(=O)C2)cc1. The van der Waals surface area contributed by atoms with Crippen LogP contribution in [0.25, 0.3) is 0 Å². The minimum Gasteiger partial charge on any atom is -0.355 e. The van der Waals surface area contributed by atoms with Crippen LogP contribution in [0.2, 0.25) is 0 Å². The van der Waals surface area contributed by atoms with Gasteiger partial charge in [0.15, 0.2) is 0 Å². The number of nitrogens with one attached hydrogen (secondary N) is 2. The summed E-state index contributed by atoms with van der Waals surface area (Å²) < 4.78 is 22.2. The Kier molecular flexibility index (Phi) is 4.59. The lowest BCUT2D eigenvalue weighted by molar-refractivity contribution is -0.126. The number of carbonyl (C=O) groups excluding carboxylic acids is 2. The summed E-state index contributed by atoms with van der Waals surface area (Å²) in [5.74, 6) is -0.550. The van der Waals surface area contributed by atoms with Crippen molar-refractivity contribution in [2.45, 2.75) is 17.7 Å². The molecule has 8 heteroatoms. The van der Waals surface area contributed by atoms with Gasteiger partial charge in [-0.25, -0.2) is 13.6 Å². The fraction of sp³-hybridized carbons (Fsp3) is 0.385. The summed E-state index contributed by atoms with van der Waals surface area (Å²) >= 11 is 0. The number of rotatable bonds is 5. The van der Waals surface area contributed by atoms with Gasteiger partial charge in [-0.05, 0) is 24.1 Å². The van der Waals surface area contributed by atoms with Crippen LogP contribution in [0.3, 0.4) is 0 Å². The van der Waals surface area contributed by atoms with Crippen molar-refractivity contribution in [3.63, 3.8) is 0 Å². The van der Waals surface area contributed by atoms with E-state index in [0.29, 0.717) is 19.5 Å². The number of primary sulfonamides is 1. The van der Waals surface area contributed by atoms with Crippen LogP contribution in [0.1, 0.15) is 12.0 Å². The first kappa shape index (κ1) is 15.5. The summed E-state index contributed by atoms with van der Waals surface area (Å²) in [5, 5.41) is 10.4. The van der Waals surface area contributed by atoms with E-state index < -0.39 is 10.0 Å². The number of sulfonamides is 1. The zero-order valence-electron chi connectivity index (χ0n) is 11.3. The molecule has 2 rings (SSSR count). The van der Waals surface area contributed by atoms with Gasteiger partial charge in [0.05, 0.1) is 10.8 Å². The highest BCUT2D eigenvalue weighted by Gasteiger charge is 2.27. The molecule has 1 aromatic carbocycles. The lowest BCUT2D eigenvalue weighted by Crippen LogP contribution is -2.33. The molecule has 0 aliphatic carbocycles. The lowest BCUT2D eigenvalue weighted by Gasteiger charge is -2.09. The van der Waals surface area contributed by atoms with E-state index in [2.05, 4.69) is 10.6 Å². The van der Waals surface area contributed by atoms with E-state index in [1.165, 1.54) is 12.1 Å². The number of hydrogen-bond acceptors (Lipinski definition) is 4. The topological polar surface area (TPSA) is 118 Å². The van der Waals surface area contributed by atoms with Crippen LogP contribution in [-0.4, -0.2) is 33.3 Å². The molecule has 0 saturated carbocycles. The van der Waals surface area contributed by atoms with Gasteiger partial charge in [0.25, 0.3) is 0 Å². The second kappa shape index (κ2) is 6.23. The third-order valence-electron chi connectivity index (χ3n) is 3.31. The Morgan fingerprint density at radius 3 is 2.52 bits per heavy atom. The van der Waals surface area contributed by atoms with Gasteiger partial charge in [-0.15, -0.1) is 0 Å². The second-order valence-corrected chi connectivity index (χ2v) is 6.50. The summed E-state index contributed by atoms with van der Waals surface area (Å²) in [7, 11) is -3.68. The average Bonchev–Trinajstić information content (AvgIpc) is 2.85. The molecule has 0 aromatic heterocycles.